The summed E-state index contributed by atoms with van der Waals surface area (Å²) in [5, 5.41) is 8.62. The van der Waals surface area contributed by atoms with Gasteiger partial charge in [0.05, 0.1) is 5.92 Å². The molecule has 0 aliphatic heterocycles. The topological polar surface area (TPSA) is 37.3 Å². The van der Waals surface area contributed by atoms with E-state index in [2.05, 4.69) is 6.92 Å². The van der Waals surface area contributed by atoms with E-state index in [0.29, 0.717) is 0 Å². The molecule has 0 radical (unpaired) electrons. The molecule has 74 valence electrons. The summed E-state index contributed by atoms with van der Waals surface area (Å²) in [6, 6.07) is 0. The van der Waals surface area contributed by atoms with Crippen LogP contribution in [0.5, 0.6) is 0 Å². The molecule has 0 aromatic carbocycles. The Morgan fingerprint density at radius 2 is 1.58 bits per heavy atom. The van der Waals surface area contributed by atoms with Crippen LogP contribution in [0.2, 0.25) is 0 Å². The number of carboxylic acids is 1. The van der Waals surface area contributed by atoms with Gasteiger partial charge in [-0.2, -0.15) is 0 Å². The van der Waals surface area contributed by atoms with Crippen LogP contribution in [-0.2, 0) is 4.79 Å². The zero-order valence-corrected chi connectivity index (χ0v) is 6.34. The fraction of sp³-hybridized carbons (Fsp3) is 0.900. The van der Waals surface area contributed by atoms with Crippen molar-refractivity contribution < 1.29 is 9.90 Å². The van der Waals surface area contributed by atoms with E-state index in [1.165, 1.54) is 0 Å². The molecule has 0 atom stereocenters. The molecule has 0 heterocycles. The maximum atomic E-state index is 10.5. The molecule has 0 aromatic heterocycles. The fourth-order valence-corrected chi connectivity index (χ4v) is 1.51. The lowest BCUT2D eigenvalue weighted by Crippen LogP contribution is -2.19. The van der Waals surface area contributed by atoms with Crippen molar-refractivity contribution in [2.45, 2.75) is 47.5 Å². The lowest BCUT2D eigenvalue weighted by Gasteiger charge is -2.22. The predicted octanol–water partition coefficient (Wildman–Crippen LogP) is 3.17. The molecular weight excluding hydrogens is 152 g/mol. The molecule has 2 nitrogen and oxygen atoms in total. The Morgan fingerprint density at radius 1 is 1.17 bits per heavy atom. The molecule has 0 spiro atoms. The van der Waals surface area contributed by atoms with Crippen molar-refractivity contribution in [3.63, 3.8) is 0 Å². The van der Waals surface area contributed by atoms with Crippen LogP contribution in [0.1, 0.15) is 47.5 Å². The summed E-state index contributed by atoms with van der Waals surface area (Å²) in [4.78, 5) is 10.5. The van der Waals surface area contributed by atoms with Crippen molar-refractivity contribution in [1.82, 2.24) is 0 Å². The highest BCUT2D eigenvalue weighted by Gasteiger charge is 2.23. The molecule has 12 heavy (non-hydrogen) atoms. The van der Waals surface area contributed by atoms with E-state index < -0.39 is 5.97 Å². The van der Waals surface area contributed by atoms with E-state index >= 15 is 0 Å². The first-order valence-corrected chi connectivity index (χ1v) is 3.93. The Morgan fingerprint density at radius 3 is 1.92 bits per heavy atom. The molecule has 1 rings (SSSR count). The summed E-state index contributed by atoms with van der Waals surface area (Å²) >= 11 is 0. The maximum absolute atomic E-state index is 10.5. The molecule has 1 fully saturated rings. The lowest BCUT2D eigenvalue weighted by molar-refractivity contribution is -0.143. The lowest BCUT2D eigenvalue weighted by atomic mass is 9.83. The summed E-state index contributed by atoms with van der Waals surface area (Å²) in [5.74, 6) is 0.0960. The standard InChI is InChI=1S/C8H14O2.2CH4/c1-6-2-4-7(5-3-6)8(9)10;;/h6-7H,2-5H2,1H3,(H,9,10);2*1H4. The predicted molar refractivity (Wildman–Crippen MR) is 52.2 cm³/mol. The largest absolute Gasteiger partial charge is 0.481 e. The Bertz CT molecular complexity index is 124. The molecule has 2 heteroatoms. The van der Waals surface area contributed by atoms with Gasteiger partial charge in [-0.25, -0.2) is 0 Å². The Balaban J connectivity index is 0. The maximum Gasteiger partial charge on any atom is 0.306 e. The second-order valence-electron chi connectivity index (χ2n) is 3.30. The van der Waals surface area contributed by atoms with Gasteiger partial charge in [-0.3, -0.25) is 4.79 Å². The van der Waals surface area contributed by atoms with E-state index in [-0.39, 0.29) is 20.8 Å². The Labute approximate surface area is 76.0 Å². The van der Waals surface area contributed by atoms with Crippen LogP contribution in [-0.4, -0.2) is 11.1 Å². The normalized spacial score (nSPS) is 28.1. The summed E-state index contributed by atoms with van der Waals surface area (Å²) in [7, 11) is 0. The van der Waals surface area contributed by atoms with Gasteiger partial charge in [0.25, 0.3) is 0 Å². The molecule has 1 aliphatic carbocycles. The summed E-state index contributed by atoms with van der Waals surface area (Å²) < 4.78 is 0. The fourth-order valence-electron chi connectivity index (χ4n) is 1.51. The van der Waals surface area contributed by atoms with Crippen molar-refractivity contribution in [2.75, 3.05) is 0 Å². The third-order valence-corrected chi connectivity index (χ3v) is 2.37. The minimum absolute atomic E-state index is 0. The molecule has 1 aliphatic rings. The first-order valence-electron chi connectivity index (χ1n) is 3.93. The molecule has 0 aromatic rings. The highest BCUT2D eigenvalue weighted by Crippen LogP contribution is 2.27. The van der Waals surface area contributed by atoms with Gasteiger partial charge in [-0.15, -0.1) is 0 Å². The van der Waals surface area contributed by atoms with Gasteiger partial charge < -0.3 is 5.11 Å². The van der Waals surface area contributed by atoms with E-state index in [1.807, 2.05) is 0 Å². The van der Waals surface area contributed by atoms with Gasteiger partial charge in [0.15, 0.2) is 0 Å². The van der Waals surface area contributed by atoms with Gasteiger partial charge in [-0.05, 0) is 31.6 Å². The van der Waals surface area contributed by atoms with E-state index in [9.17, 15) is 4.79 Å². The molecule has 1 N–H and O–H groups in total. The van der Waals surface area contributed by atoms with Gasteiger partial charge >= 0.3 is 5.97 Å². The molecule has 0 amide bonds. The average Bonchev–Trinajstić information content (AvgIpc) is 1.88. The summed E-state index contributed by atoms with van der Waals surface area (Å²) in [6.45, 7) is 2.19. The number of carbonyl (C=O) groups is 1. The Kier molecular flexibility index (Phi) is 7.05. The van der Waals surface area contributed by atoms with Crippen molar-refractivity contribution in [3.8, 4) is 0 Å². The number of carboxylic acid groups (broad SMARTS) is 1. The van der Waals surface area contributed by atoms with Crippen LogP contribution >= 0.6 is 0 Å². The minimum atomic E-state index is -0.605. The number of hydrogen-bond donors (Lipinski definition) is 1. The number of aliphatic carboxylic acids is 1. The molecule has 0 unspecified atom stereocenters. The van der Waals surface area contributed by atoms with Crippen LogP contribution in [0, 0.1) is 11.8 Å². The highest BCUT2D eigenvalue weighted by molar-refractivity contribution is 5.69. The van der Waals surface area contributed by atoms with E-state index in [0.717, 1.165) is 31.6 Å². The molecule has 0 saturated heterocycles. The van der Waals surface area contributed by atoms with Crippen molar-refractivity contribution >= 4 is 5.97 Å². The Hall–Kier alpha value is -0.530. The van der Waals surface area contributed by atoms with E-state index in [4.69, 9.17) is 5.11 Å². The molecular formula is C10H22O2. The molecule has 0 bridgehead atoms. The monoisotopic (exact) mass is 174 g/mol. The number of rotatable bonds is 1. The van der Waals surface area contributed by atoms with Crippen molar-refractivity contribution in [3.05, 3.63) is 0 Å². The van der Waals surface area contributed by atoms with Crippen LogP contribution < -0.4 is 0 Å². The zero-order valence-electron chi connectivity index (χ0n) is 6.34. The van der Waals surface area contributed by atoms with Crippen LogP contribution in [0.15, 0.2) is 0 Å². The van der Waals surface area contributed by atoms with Crippen LogP contribution in [0.3, 0.4) is 0 Å². The SMILES string of the molecule is C.C.CC1CCC(C(=O)O)CC1. The highest BCUT2D eigenvalue weighted by atomic mass is 16.4. The van der Waals surface area contributed by atoms with Gasteiger partial charge in [0, 0.05) is 0 Å². The van der Waals surface area contributed by atoms with Gasteiger partial charge in [-0.1, -0.05) is 21.8 Å². The van der Waals surface area contributed by atoms with Gasteiger partial charge in [0.2, 0.25) is 0 Å². The van der Waals surface area contributed by atoms with Gasteiger partial charge in [0.1, 0.15) is 0 Å². The summed E-state index contributed by atoms with van der Waals surface area (Å²) in [5.41, 5.74) is 0. The quantitative estimate of drug-likeness (QED) is 0.663. The van der Waals surface area contributed by atoms with E-state index in [1.54, 1.807) is 0 Å². The third kappa shape index (κ3) is 3.74. The average molecular weight is 174 g/mol. The smallest absolute Gasteiger partial charge is 0.306 e. The van der Waals surface area contributed by atoms with Crippen LogP contribution in [0.4, 0.5) is 0 Å². The second kappa shape index (κ2) is 6.04. The van der Waals surface area contributed by atoms with Crippen molar-refractivity contribution in [1.29, 1.82) is 0 Å². The second-order valence-corrected chi connectivity index (χ2v) is 3.30. The third-order valence-electron chi connectivity index (χ3n) is 2.37. The minimum Gasteiger partial charge on any atom is -0.481 e. The molecule has 1 saturated carbocycles. The first kappa shape index (κ1) is 14.0. The van der Waals surface area contributed by atoms with Crippen LogP contribution in [0.25, 0.3) is 0 Å². The zero-order chi connectivity index (χ0) is 7.56. The van der Waals surface area contributed by atoms with Crippen molar-refractivity contribution in [2.24, 2.45) is 11.8 Å². The first-order chi connectivity index (χ1) is 4.70. The summed E-state index contributed by atoms with van der Waals surface area (Å²) in [6.07, 6.45) is 3.96. The number of hydrogen-bond acceptors (Lipinski definition) is 1.